The van der Waals surface area contributed by atoms with Crippen molar-refractivity contribution < 1.29 is 4.39 Å². The van der Waals surface area contributed by atoms with Gasteiger partial charge in [0.05, 0.1) is 0 Å². The fourth-order valence-corrected chi connectivity index (χ4v) is 2.98. The van der Waals surface area contributed by atoms with E-state index in [9.17, 15) is 4.39 Å². The minimum atomic E-state index is -0.180. The lowest BCUT2D eigenvalue weighted by Crippen LogP contribution is -2.04. The molecule has 3 heteroatoms. The van der Waals surface area contributed by atoms with Gasteiger partial charge in [-0.2, -0.15) is 0 Å². The quantitative estimate of drug-likeness (QED) is 0.695. The minimum Gasteiger partial charge on any atom is -0.325 e. The van der Waals surface area contributed by atoms with E-state index >= 15 is 0 Å². The molecule has 106 valence electrons. The molecule has 0 saturated heterocycles. The summed E-state index contributed by atoms with van der Waals surface area (Å²) in [7, 11) is 0. The van der Waals surface area contributed by atoms with E-state index in [2.05, 4.69) is 28.6 Å². The van der Waals surface area contributed by atoms with E-state index < -0.39 is 0 Å². The zero-order chi connectivity index (χ0) is 14.4. The van der Waals surface area contributed by atoms with Crippen LogP contribution in [0.3, 0.4) is 0 Å². The summed E-state index contributed by atoms with van der Waals surface area (Å²) in [5, 5.41) is 1.19. The van der Waals surface area contributed by atoms with Gasteiger partial charge < -0.3 is 4.57 Å². The van der Waals surface area contributed by atoms with E-state index in [-0.39, 0.29) is 5.82 Å². The number of hydrogen-bond donors (Lipinski definition) is 0. The lowest BCUT2D eigenvalue weighted by Gasteiger charge is -2.10. The molecule has 2 heterocycles. The number of pyridine rings is 1. The standard InChI is InChI=1S/C18H17FN2/c1-12-7-15-9-17(14-5-6-14)21(18(15)20-10-12)11-13-3-2-4-16(19)8-13/h2-4,7-10,14H,5-6,11H2,1H3. The maximum atomic E-state index is 13.4. The van der Waals surface area contributed by atoms with Gasteiger partial charge in [0.15, 0.2) is 0 Å². The first kappa shape index (κ1) is 12.6. The first-order chi connectivity index (χ1) is 10.2. The number of fused-ring (bicyclic) bond motifs is 1. The van der Waals surface area contributed by atoms with Gasteiger partial charge in [0.25, 0.3) is 0 Å². The van der Waals surface area contributed by atoms with Crippen LogP contribution in [0.4, 0.5) is 4.39 Å². The Morgan fingerprint density at radius 3 is 2.86 bits per heavy atom. The third-order valence-electron chi connectivity index (χ3n) is 4.13. The average Bonchev–Trinajstić information content (AvgIpc) is 3.23. The van der Waals surface area contributed by atoms with Crippen molar-refractivity contribution in [3.05, 3.63) is 65.2 Å². The fraction of sp³-hybridized carbons (Fsp3) is 0.278. The Bertz CT molecular complexity index is 815. The van der Waals surface area contributed by atoms with E-state index in [1.807, 2.05) is 12.3 Å². The number of nitrogens with zero attached hydrogens (tertiary/aromatic N) is 2. The average molecular weight is 280 g/mol. The molecular weight excluding hydrogens is 263 g/mol. The number of halogens is 1. The number of rotatable bonds is 3. The molecule has 1 aromatic carbocycles. The Hall–Kier alpha value is -2.16. The van der Waals surface area contributed by atoms with Crippen molar-refractivity contribution in [1.82, 2.24) is 9.55 Å². The monoisotopic (exact) mass is 280 g/mol. The molecule has 0 aliphatic heterocycles. The van der Waals surface area contributed by atoms with Crippen LogP contribution in [-0.4, -0.2) is 9.55 Å². The highest BCUT2D eigenvalue weighted by molar-refractivity contribution is 5.78. The summed E-state index contributed by atoms with van der Waals surface area (Å²) >= 11 is 0. The third kappa shape index (κ3) is 2.33. The molecule has 0 amide bonds. The molecule has 0 spiro atoms. The second-order valence-corrected chi connectivity index (χ2v) is 5.99. The van der Waals surface area contributed by atoms with Crippen LogP contribution >= 0.6 is 0 Å². The molecule has 0 N–H and O–H groups in total. The second kappa shape index (κ2) is 4.69. The van der Waals surface area contributed by atoms with Crippen LogP contribution in [0, 0.1) is 12.7 Å². The molecule has 1 aliphatic rings. The Morgan fingerprint density at radius 1 is 1.24 bits per heavy atom. The first-order valence-corrected chi connectivity index (χ1v) is 7.41. The third-order valence-corrected chi connectivity index (χ3v) is 4.13. The molecule has 1 aliphatic carbocycles. The van der Waals surface area contributed by atoms with Gasteiger partial charge in [-0.3, -0.25) is 0 Å². The zero-order valence-corrected chi connectivity index (χ0v) is 12.0. The molecule has 0 unspecified atom stereocenters. The van der Waals surface area contributed by atoms with Crippen molar-refractivity contribution in [2.75, 3.05) is 0 Å². The van der Waals surface area contributed by atoms with Gasteiger partial charge in [-0.25, -0.2) is 9.37 Å². The van der Waals surface area contributed by atoms with Crippen molar-refractivity contribution in [3.63, 3.8) is 0 Å². The van der Waals surface area contributed by atoms with E-state index in [0.29, 0.717) is 12.5 Å². The largest absolute Gasteiger partial charge is 0.325 e. The van der Waals surface area contributed by atoms with Gasteiger partial charge >= 0.3 is 0 Å². The van der Waals surface area contributed by atoms with Crippen LogP contribution in [0.5, 0.6) is 0 Å². The zero-order valence-electron chi connectivity index (χ0n) is 12.0. The van der Waals surface area contributed by atoms with E-state index in [1.165, 1.54) is 35.6 Å². The smallest absolute Gasteiger partial charge is 0.140 e. The van der Waals surface area contributed by atoms with Crippen molar-refractivity contribution in [2.24, 2.45) is 0 Å². The van der Waals surface area contributed by atoms with Crippen molar-refractivity contribution in [3.8, 4) is 0 Å². The summed E-state index contributed by atoms with van der Waals surface area (Å²) in [5.41, 5.74) is 4.50. The number of aryl methyl sites for hydroxylation is 1. The molecule has 2 nitrogen and oxygen atoms in total. The summed E-state index contributed by atoms with van der Waals surface area (Å²) in [6.45, 7) is 2.75. The first-order valence-electron chi connectivity index (χ1n) is 7.41. The number of aromatic nitrogens is 2. The summed E-state index contributed by atoms with van der Waals surface area (Å²) in [6, 6.07) is 11.3. The number of hydrogen-bond acceptors (Lipinski definition) is 1. The van der Waals surface area contributed by atoms with Crippen LogP contribution in [-0.2, 0) is 6.54 Å². The van der Waals surface area contributed by atoms with Gasteiger partial charge in [0.1, 0.15) is 11.5 Å². The summed E-state index contributed by atoms with van der Waals surface area (Å²) < 4.78 is 15.7. The molecular formula is C18H17FN2. The van der Waals surface area contributed by atoms with Crippen molar-refractivity contribution in [1.29, 1.82) is 0 Å². The topological polar surface area (TPSA) is 17.8 Å². The molecule has 21 heavy (non-hydrogen) atoms. The van der Waals surface area contributed by atoms with Crippen LogP contribution in [0.25, 0.3) is 11.0 Å². The fourth-order valence-electron chi connectivity index (χ4n) is 2.98. The van der Waals surface area contributed by atoms with E-state index in [1.54, 1.807) is 12.1 Å². The lowest BCUT2D eigenvalue weighted by molar-refractivity contribution is 0.623. The molecule has 4 rings (SSSR count). The Kier molecular flexibility index (Phi) is 2.81. The molecule has 0 atom stereocenters. The van der Waals surface area contributed by atoms with Crippen LogP contribution in [0.15, 0.2) is 42.6 Å². The van der Waals surface area contributed by atoms with Crippen molar-refractivity contribution >= 4 is 11.0 Å². The van der Waals surface area contributed by atoms with Crippen molar-refractivity contribution in [2.45, 2.75) is 32.2 Å². The lowest BCUT2D eigenvalue weighted by atomic mass is 10.2. The van der Waals surface area contributed by atoms with E-state index in [4.69, 9.17) is 0 Å². The Balaban J connectivity index is 1.84. The molecule has 2 aromatic heterocycles. The maximum absolute atomic E-state index is 13.4. The molecule has 1 saturated carbocycles. The van der Waals surface area contributed by atoms with Gasteiger partial charge in [0.2, 0.25) is 0 Å². The van der Waals surface area contributed by atoms with Gasteiger partial charge in [-0.05, 0) is 61.1 Å². The van der Waals surface area contributed by atoms with Crippen LogP contribution in [0.1, 0.15) is 35.6 Å². The normalized spacial score (nSPS) is 14.8. The van der Waals surface area contributed by atoms with Gasteiger partial charge in [-0.15, -0.1) is 0 Å². The summed E-state index contributed by atoms with van der Waals surface area (Å²) in [6.07, 6.45) is 4.40. The molecule has 0 bridgehead atoms. The minimum absolute atomic E-state index is 0.180. The SMILES string of the molecule is Cc1cnc2c(c1)cc(C1CC1)n2Cc1cccc(F)c1. The van der Waals surface area contributed by atoms with E-state index in [0.717, 1.165) is 11.2 Å². The van der Waals surface area contributed by atoms with Crippen LogP contribution in [0.2, 0.25) is 0 Å². The Morgan fingerprint density at radius 2 is 2.10 bits per heavy atom. The summed E-state index contributed by atoms with van der Waals surface area (Å²) in [5.74, 6) is 0.466. The summed E-state index contributed by atoms with van der Waals surface area (Å²) in [4.78, 5) is 4.60. The molecule has 1 fully saturated rings. The Labute approximate surface area is 123 Å². The highest BCUT2D eigenvalue weighted by Gasteiger charge is 2.28. The van der Waals surface area contributed by atoms with Crippen LogP contribution < -0.4 is 0 Å². The second-order valence-electron chi connectivity index (χ2n) is 5.99. The highest BCUT2D eigenvalue weighted by Crippen LogP contribution is 2.42. The van der Waals surface area contributed by atoms with Gasteiger partial charge in [-0.1, -0.05) is 12.1 Å². The number of benzene rings is 1. The van der Waals surface area contributed by atoms with Gasteiger partial charge in [0, 0.05) is 23.8 Å². The molecule has 0 radical (unpaired) electrons. The highest BCUT2D eigenvalue weighted by atomic mass is 19.1. The predicted molar refractivity (Wildman–Crippen MR) is 81.9 cm³/mol. The molecule has 3 aromatic rings. The maximum Gasteiger partial charge on any atom is 0.140 e. The predicted octanol–water partition coefficient (Wildman–Crippen LogP) is 4.41.